The lowest BCUT2D eigenvalue weighted by Gasteiger charge is -2.13. The van der Waals surface area contributed by atoms with Gasteiger partial charge in [-0.25, -0.2) is 4.99 Å². The van der Waals surface area contributed by atoms with Crippen LogP contribution in [-0.2, 0) is 6.54 Å². The second-order valence-electron chi connectivity index (χ2n) is 14.9. The van der Waals surface area contributed by atoms with Gasteiger partial charge in [0.05, 0.1) is 34.7 Å². The summed E-state index contributed by atoms with van der Waals surface area (Å²) in [6.07, 6.45) is 0. The van der Waals surface area contributed by atoms with Gasteiger partial charge in [0.1, 0.15) is 0 Å². The van der Waals surface area contributed by atoms with Crippen LogP contribution >= 0.6 is 22.7 Å². The molecule has 12 aromatic rings. The summed E-state index contributed by atoms with van der Waals surface area (Å²) in [5.41, 5.74) is 8.54. The molecule has 0 amide bonds. The van der Waals surface area contributed by atoms with Crippen molar-refractivity contribution in [2.45, 2.75) is 6.54 Å². The number of hydrogen-bond donors (Lipinski definition) is 0. The quantitative estimate of drug-likeness (QED) is 0.151. The third-order valence-electron chi connectivity index (χ3n) is 11.8. The van der Waals surface area contributed by atoms with E-state index in [1.807, 2.05) is 46.9 Å². The van der Waals surface area contributed by atoms with E-state index in [1.54, 1.807) is 0 Å². The number of benzene rings is 9. The van der Waals surface area contributed by atoms with Gasteiger partial charge in [-0.05, 0) is 69.7 Å². The van der Waals surface area contributed by atoms with Gasteiger partial charge in [-0.15, -0.1) is 22.7 Å². The van der Waals surface area contributed by atoms with Crippen LogP contribution in [0.1, 0.15) is 5.56 Å². The van der Waals surface area contributed by atoms with Gasteiger partial charge in [-0.2, -0.15) is 0 Å². The van der Waals surface area contributed by atoms with Gasteiger partial charge >= 0.3 is 0 Å². The molecular formula is C53H33N3S2. The predicted octanol–water partition coefficient (Wildman–Crippen LogP) is 15.7. The zero-order valence-electron chi connectivity index (χ0n) is 31.3. The van der Waals surface area contributed by atoms with Crippen LogP contribution in [0.5, 0.6) is 0 Å². The number of para-hydroxylation sites is 2. The first-order valence-electron chi connectivity index (χ1n) is 19.5. The Morgan fingerprint density at radius 3 is 2.00 bits per heavy atom. The minimum Gasteiger partial charge on any atom is -0.334 e. The van der Waals surface area contributed by atoms with E-state index in [1.165, 1.54) is 94.8 Å². The molecule has 0 atom stereocenters. The smallest absolute Gasteiger partial charge is 0.0890 e. The predicted molar refractivity (Wildman–Crippen MR) is 254 cm³/mol. The molecule has 0 saturated heterocycles. The fourth-order valence-electron chi connectivity index (χ4n) is 9.09. The van der Waals surface area contributed by atoms with Gasteiger partial charge in [-0.1, -0.05) is 146 Å². The second kappa shape index (κ2) is 13.1. The topological polar surface area (TPSA) is 29.6 Å². The molecule has 58 heavy (non-hydrogen) atoms. The third kappa shape index (κ3) is 5.04. The second-order valence-corrected chi connectivity index (χ2v) is 17.0. The van der Waals surface area contributed by atoms with E-state index in [0.29, 0.717) is 6.54 Å². The molecule has 12 rings (SSSR count). The van der Waals surface area contributed by atoms with Crippen molar-refractivity contribution < 1.29 is 0 Å². The van der Waals surface area contributed by atoms with Crippen molar-refractivity contribution >= 4 is 130 Å². The maximum atomic E-state index is 5.55. The first-order chi connectivity index (χ1) is 28.7. The molecule has 3 aromatic heterocycles. The maximum absolute atomic E-state index is 5.55. The molecule has 0 unspecified atom stereocenters. The van der Waals surface area contributed by atoms with Gasteiger partial charge < -0.3 is 4.57 Å². The Labute approximate surface area is 342 Å². The molecule has 0 radical (unpaired) electrons. The zero-order valence-corrected chi connectivity index (χ0v) is 32.9. The largest absolute Gasteiger partial charge is 0.334 e. The lowest BCUT2D eigenvalue weighted by Crippen LogP contribution is -2.12. The van der Waals surface area contributed by atoms with Crippen LogP contribution in [0.4, 0.5) is 11.4 Å². The van der Waals surface area contributed by atoms with Crippen LogP contribution in [0.2, 0.25) is 0 Å². The fourth-order valence-corrected chi connectivity index (χ4v) is 11.7. The number of thiophene rings is 2. The summed E-state index contributed by atoms with van der Waals surface area (Å²) >= 11 is 3.75. The summed E-state index contributed by atoms with van der Waals surface area (Å²) in [5.74, 6) is 0. The highest BCUT2D eigenvalue weighted by Crippen LogP contribution is 2.45. The minimum atomic E-state index is 0.558. The number of nitrogens with zero attached hydrogens (tertiary/aromatic N) is 3. The van der Waals surface area contributed by atoms with Crippen molar-refractivity contribution in [3.05, 3.63) is 181 Å². The van der Waals surface area contributed by atoms with Crippen molar-refractivity contribution in [1.29, 1.82) is 0 Å². The highest BCUT2D eigenvalue weighted by molar-refractivity contribution is 7.27. The Balaban J connectivity index is 1.15. The van der Waals surface area contributed by atoms with E-state index in [9.17, 15) is 0 Å². The van der Waals surface area contributed by atoms with Gasteiger partial charge in [0.15, 0.2) is 0 Å². The third-order valence-corrected chi connectivity index (χ3v) is 14.3. The average Bonchev–Trinajstić information content (AvgIpc) is 3.95. The molecule has 5 heteroatoms. The highest BCUT2D eigenvalue weighted by atomic mass is 32.1. The molecule has 0 N–H and O–H groups in total. The maximum Gasteiger partial charge on any atom is 0.0890 e. The minimum absolute atomic E-state index is 0.558. The Bertz CT molecular complexity index is 3680. The van der Waals surface area contributed by atoms with Crippen LogP contribution in [-0.4, -0.2) is 17.0 Å². The zero-order chi connectivity index (χ0) is 38.3. The summed E-state index contributed by atoms with van der Waals surface area (Å²) < 4.78 is 7.64. The molecule has 0 spiro atoms. The van der Waals surface area contributed by atoms with Gasteiger partial charge in [0.2, 0.25) is 0 Å². The van der Waals surface area contributed by atoms with E-state index in [-0.39, 0.29) is 0 Å². The van der Waals surface area contributed by atoms with Crippen LogP contribution < -0.4 is 0 Å². The lowest BCUT2D eigenvalue weighted by molar-refractivity contribution is 0.936. The Morgan fingerprint density at radius 2 is 1.16 bits per heavy atom. The Morgan fingerprint density at radius 1 is 0.483 bits per heavy atom. The Kier molecular flexibility index (Phi) is 7.49. The molecule has 0 bridgehead atoms. The van der Waals surface area contributed by atoms with Crippen molar-refractivity contribution in [3.8, 4) is 11.1 Å². The molecule has 0 saturated carbocycles. The van der Waals surface area contributed by atoms with Crippen molar-refractivity contribution in [2.24, 2.45) is 9.98 Å². The standard InChI is InChI=1S/C53H33N3S2/c1-54-44-23-9-10-24-45(44)55-46(41-22-12-21-39-38-20-11-19-37(52(38)58-53(39)41)32-13-3-2-4-14-32)31-56-47-28-26-33-15-5-7-17-35(33)50(47)43-29-42-40-27-25-34-16-6-8-18-36(34)51(40)57-49(42)30-48(43)56/h2-30H,1,31H2. The summed E-state index contributed by atoms with van der Waals surface area (Å²) in [4.78, 5) is 9.96. The van der Waals surface area contributed by atoms with Gasteiger partial charge in [0.25, 0.3) is 0 Å². The van der Waals surface area contributed by atoms with Crippen molar-refractivity contribution in [2.75, 3.05) is 0 Å². The van der Waals surface area contributed by atoms with E-state index in [2.05, 4.69) is 168 Å². The number of aromatic nitrogens is 1. The number of hydrogen-bond acceptors (Lipinski definition) is 4. The summed E-state index contributed by atoms with van der Waals surface area (Å²) in [6, 6.07) is 63.7. The molecule has 0 aliphatic rings. The highest BCUT2D eigenvalue weighted by Gasteiger charge is 2.21. The first kappa shape index (κ1) is 33.2. The first-order valence-corrected chi connectivity index (χ1v) is 21.2. The summed E-state index contributed by atoms with van der Waals surface area (Å²) in [7, 11) is 0. The normalized spacial score (nSPS) is 12.4. The SMILES string of the molecule is C=Nc1ccccc1N=C(Cn1c2cc3sc4c5ccccc5ccc4c3cc2c2c3ccccc3ccc21)c1cccc2c1sc1c(-c3ccccc3)cccc12. The van der Waals surface area contributed by atoms with E-state index < -0.39 is 0 Å². The average molecular weight is 776 g/mol. The van der Waals surface area contributed by atoms with Crippen LogP contribution in [0.3, 0.4) is 0 Å². The van der Waals surface area contributed by atoms with Gasteiger partial charge in [-0.3, -0.25) is 4.99 Å². The number of rotatable bonds is 6. The van der Waals surface area contributed by atoms with Crippen molar-refractivity contribution in [1.82, 2.24) is 4.57 Å². The van der Waals surface area contributed by atoms with Gasteiger partial charge in [0, 0.05) is 56.7 Å². The Hall–Kier alpha value is -6.92. The molecule has 0 fully saturated rings. The molecular weight excluding hydrogens is 743 g/mol. The van der Waals surface area contributed by atoms with E-state index in [4.69, 9.17) is 4.99 Å². The molecule has 3 heterocycles. The fraction of sp³-hybridized carbons (Fsp3) is 0.0189. The van der Waals surface area contributed by atoms with Crippen LogP contribution in [0, 0.1) is 0 Å². The number of fused-ring (bicyclic) bond motifs is 13. The van der Waals surface area contributed by atoms with Crippen LogP contribution in [0.25, 0.3) is 94.8 Å². The summed E-state index contributed by atoms with van der Waals surface area (Å²) in [6.45, 7) is 4.48. The van der Waals surface area contributed by atoms with Crippen molar-refractivity contribution in [3.63, 3.8) is 0 Å². The van der Waals surface area contributed by atoms with E-state index in [0.717, 1.165) is 22.6 Å². The molecule has 9 aromatic carbocycles. The molecule has 0 aliphatic heterocycles. The lowest BCUT2D eigenvalue weighted by atomic mass is 10.0. The molecule has 3 nitrogen and oxygen atoms in total. The van der Waals surface area contributed by atoms with Crippen LogP contribution in [0.15, 0.2) is 186 Å². The number of aliphatic imine (C=N–C) groups is 2. The molecule has 0 aliphatic carbocycles. The monoisotopic (exact) mass is 775 g/mol. The molecule has 272 valence electrons. The van der Waals surface area contributed by atoms with E-state index >= 15 is 0 Å². The summed E-state index contributed by atoms with van der Waals surface area (Å²) in [5, 5.41) is 12.7.